The Morgan fingerprint density at radius 1 is 1.67 bits per heavy atom. The van der Waals surface area contributed by atoms with E-state index in [1.165, 1.54) is 0 Å². The zero-order chi connectivity index (χ0) is 4.24. The number of hydrogen-bond donors (Lipinski definition) is 1. The summed E-state index contributed by atoms with van der Waals surface area (Å²) in [7, 11) is 0. The fourth-order valence-corrected chi connectivity index (χ4v) is 0.199. The van der Waals surface area contributed by atoms with E-state index in [1.807, 2.05) is 0 Å². The molecule has 0 aromatic heterocycles. The summed E-state index contributed by atoms with van der Waals surface area (Å²) in [6.45, 7) is 2.41. The van der Waals surface area contributed by atoms with Crippen LogP contribution in [0.2, 0.25) is 0 Å². The molecular formula is C3H3N3. The molecule has 1 N–H and O–H groups in total. The van der Waals surface area contributed by atoms with Gasteiger partial charge in [0.2, 0.25) is 0 Å². The van der Waals surface area contributed by atoms with Crippen molar-refractivity contribution in [1.29, 1.82) is 0 Å². The lowest BCUT2D eigenvalue weighted by Gasteiger charge is -1.89. The van der Waals surface area contributed by atoms with E-state index in [0.717, 1.165) is 0 Å². The summed E-state index contributed by atoms with van der Waals surface area (Å²) in [6.07, 6.45) is 3.20. The third-order valence-corrected chi connectivity index (χ3v) is 0.397. The molecule has 0 atom stereocenters. The van der Waals surface area contributed by atoms with Gasteiger partial charge in [-0.05, 0) is 0 Å². The minimum absolute atomic E-state index is 1.55. The van der Waals surface area contributed by atoms with Gasteiger partial charge < -0.3 is 5.32 Å². The standard InChI is InChI=1S/C3H3N3/c1-2-5-6-3-4-1/h1-2,4H. The second-order valence-electron chi connectivity index (χ2n) is 0.787. The maximum absolute atomic E-state index is 3.45. The first kappa shape index (κ1) is 3.33. The lowest BCUT2D eigenvalue weighted by Crippen LogP contribution is -1.97. The largest absolute Gasteiger partial charge is 0.357 e. The minimum atomic E-state index is 1.55. The van der Waals surface area contributed by atoms with Crippen LogP contribution in [0.1, 0.15) is 0 Å². The first-order chi connectivity index (χ1) is 3.00. The Kier molecular flexibility index (Phi) is 0.859. The molecule has 1 aliphatic rings. The number of hydrogen-bond acceptors (Lipinski definition) is 3. The van der Waals surface area contributed by atoms with Crippen molar-refractivity contribution < 1.29 is 0 Å². The van der Waals surface area contributed by atoms with Crippen LogP contribution in [0.5, 0.6) is 0 Å². The van der Waals surface area contributed by atoms with E-state index >= 15 is 0 Å². The van der Waals surface area contributed by atoms with Gasteiger partial charge >= 0.3 is 0 Å². The van der Waals surface area contributed by atoms with Crippen molar-refractivity contribution in [3.63, 3.8) is 0 Å². The van der Waals surface area contributed by atoms with E-state index in [9.17, 15) is 0 Å². The quantitative estimate of drug-likeness (QED) is 0.453. The molecule has 1 aliphatic heterocycles. The summed E-state index contributed by atoms with van der Waals surface area (Å²) in [5, 5.41) is 9.40. The molecule has 2 radical (unpaired) electrons. The van der Waals surface area contributed by atoms with Gasteiger partial charge in [-0.1, -0.05) is 0 Å². The number of rotatable bonds is 0. The van der Waals surface area contributed by atoms with Crippen LogP contribution in [-0.4, -0.2) is 0 Å². The predicted octanol–water partition coefficient (Wildman–Crippen LogP) is 0.509. The summed E-state index contributed by atoms with van der Waals surface area (Å²) in [4.78, 5) is 0. The summed E-state index contributed by atoms with van der Waals surface area (Å²) in [5.41, 5.74) is 0. The van der Waals surface area contributed by atoms with Crippen LogP contribution in [0, 0.1) is 6.67 Å². The van der Waals surface area contributed by atoms with Gasteiger partial charge in [-0.2, -0.15) is 10.2 Å². The summed E-state index contributed by atoms with van der Waals surface area (Å²) in [6, 6.07) is 0. The highest BCUT2D eigenvalue weighted by atomic mass is 15.2. The monoisotopic (exact) mass is 81.0 g/mol. The van der Waals surface area contributed by atoms with Gasteiger partial charge in [0.1, 0.15) is 0 Å². The molecule has 0 spiro atoms. The van der Waals surface area contributed by atoms with Crippen LogP contribution in [0.25, 0.3) is 0 Å². The van der Waals surface area contributed by atoms with Crippen molar-refractivity contribution in [3.05, 3.63) is 19.1 Å². The molecule has 6 heavy (non-hydrogen) atoms. The smallest absolute Gasteiger partial charge is 0.250 e. The molecule has 1 heterocycles. The van der Waals surface area contributed by atoms with Crippen LogP contribution in [0.15, 0.2) is 22.6 Å². The number of azo groups is 1. The van der Waals surface area contributed by atoms with Crippen LogP contribution in [0.3, 0.4) is 0 Å². The van der Waals surface area contributed by atoms with Crippen LogP contribution in [-0.2, 0) is 0 Å². The molecule has 3 heteroatoms. The third-order valence-electron chi connectivity index (χ3n) is 0.397. The van der Waals surface area contributed by atoms with Crippen molar-refractivity contribution >= 4 is 0 Å². The fraction of sp³-hybridized carbons (Fsp3) is 0. The first-order valence-electron chi connectivity index (χ1n) is 1.55. The Labute approximate surface area is 35.8 Å². The van der Waals surface area contributed by atoms with Crippen LogP contribution < -0.4 is 5.32 Å². The van der Waals surface area contributed by atoms with E-state index in [-0.39, 0.29) is 0 Å². The number of nitrogens with zero attached hydrogens (tertiary/aromatic N) is 2. The third kappa shape index (κ3) is 0.544. The second-order valence-corrected chi connectivity index (χ2v) is 0.787. The normalized spacial score (nSPS) is 17.3. The van der Waals surface area contributed by atoms with Crippen LogP contribution in [0.4, 0.5) is 0 Å². The maximum Gasteiger partial charge on any atom is 0.250 e. The molecule has 30 valence electrons. The van der Waals surface area contributed by atoms with Crippen molar-refractivity contribution in [2.75, 3.05) is 0 Å². The molecule has 0 aromatic carbocycles. The Morgan fingerprint density at radius 3 is 2.83 bits per heavy atom. The molecule has 0 unspecified atom stereocenters. The van der Waals surface area contributed by atoms with Crippen molar-refractivity contribution in [2.24, 2.45) is 10.2 Å². The topological polar surface area (TPSA) is 36.8 Å². The van der Waals surface area contributed by atoms with Crippen molar-refractivity contribution in [1.82, 2.24) is 5.32 Å². The Balaban J connectivity index is 2.46. The number of nitrogens with one attached hydrogen (secondary N) is 1. The molecule has 0 saturated carbocycles. The average Bonchev–Trinajstić information content (AvgIpc) is 1.72. The molecule has 1 rings (SSSR count). The average molecular weight is 81.1 g/mol. The van der Waals surface area contributed by atoms with Crippen molar-refractivity contribution in [2.45, 2.75) is 0 Å². The van der Waals surface area contributed by atoms with E-state index in [4.69, 9.17) is 0 Å². The Morgan fingerprint density at radius 2 is 2.67 bits per heavy atom. The molecule has 0 aliphatic carbocycles. The maximum atomic E-state index is 3.45. The Bertz CT molecular complexity index is 72.0. The van der Waals surface area contributed by atoms with Gasteiger partial charge in [-0.25, -0.2) is 0 Å². The summed E-state index contributed by atoms with van der Waals surface area (Å²) < 4.78 is 0. The highest BCUT2D eigenvalue weighted by Crippen LogP contribution is 1.84. The lowest BCUT2D eigenvalue weighted by atomic mass is 10.8. The summed E-state index contributed by atoms with van der Waals surface area (Å²) >= 11 is 0. The van der Waals surface area contributed by atoms with Gasteiger partial charge in [0, 0.05) is 6.20 Å². The fourth-order valence-electron chi connectivity index (χ4n) is 0.199. The van der Waals surface area contributed by atoms with E-state index in [0.29, 0.717) is 0 Å². The van der Waals surface area contributed by atoms with E-state index in [2.05, 4.69) is 22.2 Å². The molecule has 0 saturated heterocycles. The SMILES string of the molecule is [C]1N=NC=CN1. The molecule has 0 aromatic rings. The molecular weight excluding hydrogens is 78.1 g/mol. The zero-order valence-corrected chi connectivity index (χ0v) is 3.05. The van der Waals surface area contributed by atoms with Gasteiger partial charge in [0.05, 0.1) is 6.20 Å². The van der Waals surface area contributed by atoms with Crippen LogP contribution >= 0.6 is 0 Å². The molecule has 0 bridgehead atoms. The van der Waals surface area contributed by atoms with Gasteiger partial charge in [-0.15, -0.1) is 0 Å². The highest BCUT2D eigenvalue weighted by Gasteiger charge is 1.79. The van der Waals surface area contributed by atoms with Gasteiger partial charge in [0.25, 0.3) is 6.67 Å². The zero-order valence-electron chi connectivity index (χ0n) is 3.05. The molecule has 0 amide bonds. The van der Waals surface area contributed by atoms with E-state index < -0.39 is 0 Å². The van der Waals surface area contributed by atoms with E-state index in [1.54, 1.807) is 12.4 Å². The molecule has 3 nitrogen and oxygen atoms in total. The van der Waals surface area contributed by atoms with Gasteiger partial charge in [-0.3, -0.25) is 0 Å². The Hall–Kier alpha value is -0.860. The minimum Gasteiger partial charge on any atom is -0.357 e. The molecule has 0 fully saturated rings. The highest BCUT2D eigenvalue weighted by molar-refractivity contribution is 4.82. The van der Waals surface area contributed by atoms with Gasteiger partial charge in [0.15, 0.2) is 0 Å². The predicted molar refractivity (Wildman–Crippen MR) is 20.4 cm³/mol. The second kappa shape index (κ2) is 1.55. The lowest BCUT2D eigenvalue weighted by molar-refractivity contribution is 0.916. The van der Waals surface area contributed by atoms with Crippen molar-refractivity contribution in [3.8, 4) is 0 Å². The first-order valence-corrected chi connectivity index (χ1v) is 1.55. The summed E-state index contributed by atoms with van der Waals surface area (Å²) in [5.74, 6) is 0.